The molecular weight excluding hydrogens is 218 g/mol. The van der Waals surface area contributed by atoms with Gasteiger partial charge in [0.15, 0.2) is 0 Å². The van der Waals surface area contributed by atoms with Crippen LogP contribution in [0.25, 0.3) is 0 Å². The summed E-state index contributed by atoms with van der Waals surface area (Å²) in [6.07, 6.45) is 0.936. The largest absolute Gasteiger partial charge is 0.385 e. The first-order valence-corrected chi connectivity index (χ1v) is 6.56. The minimum absolute atomic E-state index is 0.175. The SMILES string of the molecule is CC(C)OCCC[NH2+]C[C@@H](O)COC(C)(C)C. The summed E-state index contributed by atoms with van der Waals surface area (Å²) in [6.45, 7) is 12.9. The van der Waals surface area contributed by atoms with Gasteiger partial charge in [0.25, 0.3) is 0 Å². The summed E-state index contributed by atoms with van der Waals surface area (Å²) in [5.74, 6) is 0. The van der Waals surface area contributed by atoms with Crippen molar-refractivity contribution in [3.05, 3.63) is 0 Å². The maximum absolute atomic E-state index is 9.67. The number of ether oxygens (including phenoxy) is 2. The van der Waals surface area contributed by atoms with Gasteiger partial charge in [-0.1, -0.05) is 0 Å². The van der Waals surface area contributed by atoms with Gasteiger partial charge in [0, 0.05) is 6.42 Å². The van der Waals surface area contributed by atoms with Gasteiger partial charge in [-0.25, -0.2) is 0 Å². The van der Waals surface area contributed by atoms with Gasteiger partial charge < -0.3 is 19.9 Å². The first-order chi connectivity index (χ1) is 7.81. The number of rotatable bonds is 9. The van der Waals surface area contributed by atoms with Crippen LogP contribution in [0, 0.1) is 0 Å². The molecule has 0 saturated carbocycles. The number of nitrogens with two attached hydrogens (primary N) is 1. The van der Waals surface area contributed by atoms with Gasteiger partial charge in [0.2, 0.25) is 0 Å². The molecule has 4 nitrogen and oxygen atoms in total. The lowest BCUT2D eigenvalue weighted by molar-refractivity contribution is -0.661. The number of quaternary nitrogens is 1. The third-order valence-electron chi connectivity index (χ3n) is 2.15. The Kier molecular flexibility index (Phi) is 8.78. The highest BCUT2D eigenvalue weighted by Gasteiger charge is 2.14. The van der Waals surface area contributed by atoms with Gasteiger partial charge in [-0.2, -0.15) is 0 Å². The van der Waals surface area contributed by atoms with E-state index in [9.17, 15) is 5.11 Å². The van der Waals surface area contributed by atoms with E-state index in [2.05, 4.69) is 5.32 Å². The molecule has 0 fully saturated rings. The topological polar surface area (TPSA) is 55.3 Å². The van der Waals surface area contributed by atoms with Crippen LogP contribution >= 0.6 is 0 Å². The molecule has 0 unspecified atom stereocenters. The smallest absolute Gasteiger partial charge is 0.126 e. The maximum atomic E-state index is 9.67. The Morgan fingerprint density at radius 1 is 1.24 bits per heavy atom. The average Bonchev–Trinajstić information content (AvgIpc) is 2.19. The Labute approximate surface area is 106 Å². The molecule has 0 rings (SSSR count). The molecule has 4 heteroatoms. The number of aliphatic hydroxyl groups excluding tert-OH is 1. The molecule has 1 atom stereocenters. The molecule has 3 N–H and O–H groups in total. The average molecular weight is 248 g/mol. The van der Waals surface area contributed by atoms with E-state index in [0.717, 1.165) is 19.6 Å². The van der Waals surface area contributed by atoms with Gasteiger partial charge in [-0.15, -0.1) is 0 Å². The fraction of sp³-hybridized carbons (Fsp3) is 1.00. The number of aliphatic hydroxyl groups is 1. The van der Waals surface area contributed by atoms with Crippen LogP contribution in [0.3, 0.4) is 0 Å². The molecule has 0 radical (unpaired) electrons. The van der Waals surface area contributed by atoms with Crippen molar-refractivity contribution in [1.82, 2.24) is 0 Å². The fourth-order valence-corrected chi connectivity index (χ4v) is 1.27. The molecule has 0 aromatic carbocycles. The molecule has 104 valence electrons. The van der Waals surface area contributed by atoms with Gasteiger partial charge in [-0.05, 0) is 34.6 Å². The Morgan fingerprint density at radius 3 is 2.41 bits per heavy atom. The van der Waals surface area contributed by atoms with Gasteiger partial charge >= 0.3 is 0 Å². The summed E-state index contributed by atoms with van der Waals surface area (Å²) in [4.78, 5) is 0. The van der Waals surface area contributed by atoms with Crippen molar-refractivity contribution in [3.63, 3.8) is 0 Å². The summed E-state index contributed by atoms with van der Waals surface area (Å²) in [7, 11) is 0. The first kappa shape index (κ1) is 16.8. The Hall–Kier alpha value is -0.160. The van der Waals surface area contributed by atoms with E-state index in [0.29, 0.717) is 19.3 Å². The standard InChI is InChI=1S/C13H29NO3/c1-11(2)16-8-6-7-14-9-12(15)10-17-13(3,4)5/h11-12,14-15H,6-10H2,1-5H3/p+1/t12-/m1/s1. The van der Waals surface area contributed by atoms with E-state index in [4.69, 9.17) is 9.47 Å². The van der Waals surface area contributed by atoms with E-state index in [1.54, 1.807) is 0 Å². The number of hydrogen-bond donors (Lipinski definition) is 2. The molecule has 0 heterocycles. The predicted molar refractivity (Wildman–Crippen MR) is 69.1 cm³/mol. The minimum Gasteiger partial charge on any atom is -0.385 e. The van der Waals surface area contributed by atoms with Crippen LogP contribution in [0.1, 0.15) is 41.0 Å². The minimum atomic E-state index is -0.389. The van der Waals surface area contributed by atoms with E-state index in [1.165, 1.54) is 0 Å². The Balaban J connectivity index is 3.31. The van der Waals surface area contributed by atoms with Crippen molar-refractivity contribution in [1.29, 1.82) is 0 Å². The van der Waals surface area contributed by atoms with E-state index in [-0.39, 0.29) is 11.7 Å². The molecule has 17 heavy (non-hydrogen) atoms. The monoisotopic (exact) mass is 248 g/mol. The predicted octanol–water partition coefficient (Wildman–Crippen LogP) is 0.541. The van der Waals surface area contributed by atoms with E-state index >= 15 is 0 Å². The van der Waals surface area contributed by atoms with Crippen molar-refractivity contribution in [2.75, 3.05) is 26.3 Å². The van der Waals surface area contributed by atoms with Crippen molar-refractivity contribution in [3.8, 4) is 0 Å². The second-order valence-corrected chi connectivity index (χ2v) is 5.66. The van der Waals surface area contributed by atoms with Crippen LogP contribution in [0.15, 0.2) is 0 Å². The van der Waals surface area contributed by atoms with Crippen LogP contribution in [0.5, 0.6) is 0 Å². The van der Waals surface area contributed by atoms with Crippen LogP contribution < -0.4 is 5.32 Å². The van der Waals surface area contributed by atoms with Crippen molar-refractivity contribution in [2.45, 2.75) is 58.8 Å². The lowest BCUT2D eigenvalue weighted by Gasteiger charge is -2.21. The van der Waals surface area contributed by atoms with Crippen LogP contribution in [0.2, 0.25) is 0 Å². The fourth-order valence-electron chi connectivity index (χ4n) is 1.27. The Morgan fingerprint density at radius 2 is 1.88 bits per heavy atom. The molecule has 0 amide bonds. The zero-order valence-electron chi connectivity index (χ0n) is 12.0. The third kappa shape index (κ3) is 13.8. The van der Waals surface area contributed by atoms with Crippen molar-refractivity contribution < 1.29 is 19.9 Å². The molecule has 0 saturated heterocycles. The van der Waals surface area contributed by atoms with Gasteiger partial charge in [-0.3, -0.25) is 0 Å². The van der Waals surface area contributed by atoms with Crippen LogP contribution in [-0.2, 0) is 9.47 Å². The van der Waals surface area contributed by atoms with Gasteiger partial charge in [0.05, 0.1) is 31.5 Å². The maximum Gasteiger partial charge on any atom is 0.126 e. The zero-order valence-corrected chi connectivity index (χ0v) is 12.0. The number of hydrogen-bond acceptors (Lipinski definition) is 3. The highest BCUT2D eigenvalue weighted by atomic mass is 16.5. The first-order valence-electron chi connectivity index (χ1n) is 6.56. The molecule has 0 bridgehead atoms. The third-order valence-corrected chi connectivity index (χ3v) is 2.15. The summed E-state index contributed by atoms with van der Waals surface area (Å²) in [6, 6.07) is 0. The lowest BCUT2D eigenvalue weighted by atomic mass is 10.2. The van der Waals surface area contributed by atoms with Crippen LogP contribution in [-0.4, -0.2) is 49.2 Å². The molecule has 0 aliphatic rings. The second-order valence-electron chi connectivity index (χ2n) is 5.66. The zero-order chi connectivity index (χ0) is 13.3. The normalized spacial score (nSPS) is 14.3. The summed E-state index contributed by atoms with van der Waals surface area (Å²) in [5, 5.41) is 11.8. The van der Waals surface area contributed by atoms with Gasteiger partial charge in [0.1, 0.15) is 12.6 Å². The highest BCUT2D eigenvalue weighted by molar-refractivity contribution is 4.61. The van der Waals surface area contributed by atoms with E-state index in [1.807, 2.05) is 34.6 Å². The summed E-state index contributed by atoms with van der Waals surface area (Å²) < 4.78 is 10.9. The molecule has 0 aliphatic carbocycles. The quantitative estimate of drug-likeness (QED) is 0.586. The molecule has 0 aromatic heterocycles. The Bertz CT molecular complexity index is 178. The molecule has 0 aliphatic heterocycles. The molecule has 0 aromatic rings. The highest BCUT2D eigenvalue weighted by Crippen LogP contribution is 2.06. The summed E-state index contributed by atoms with van der Waals surface area (Å²) >= 11 is 0. The van der Waals surface area contributed by atoms with Crippen molar-refractivity contribution in [2.24, 2.45) is 0 Å². The lowest BCUT2D eigenvalue weighted by Crippen LogP contribution is -2.86. The molecule has 0 spiro atoms. The molecular formula is C13H30NO3+. The van der Waals surface area contributed by atoms with E-state index < -0.39 is 0 Å². The van der Waals surface area contributed by atoms with Crippen molar-refractivity contribution >= 4 is 0 Å². The van der Waals surface area contributed by atoms with Crippen LogP contribution in [0.4, 0.5) is 0 Å². The second kappa shape index (κ2) is 8.86. The summed E-state index contributed by atoms with van der Waals surface area (Å²) in [5.41, 5.74) is -0.175.